The van der Waals surface area contributed by atoms with E-state index in [4.69, 9.17) is 9.84 Å². The summed E-state index contributed by atoms with van der Waals surface area (Å²) in [6.45, 7) is 1.58. The van der Waals surface area contributed by atoms with E-state index >= 15 is 0 Å². The van der Waals surface area contributed by atoms with Crippen molar-refractivity contribution in [2.24, 2.45) is 0 Å². The number of nitrogens with one attached hydrogen (secondary N) is 3. The summed E-state index contributed by atoms with van der Waals surface area (Å²) in [6.07, 6.45) is 3.88. The van der Waals surface area contributed by atoms with Crippen molar-refractivity contribution in [3.63, 3.8) is 0 Å². The van der Waals surface area contributed by atoms with Gasteiger partial charge in [0.1, 0.15) is 12.6 Å². The predicted molar refractivity (Wildman–Crippen MR) is 129 cm³/mol. The smallest absolute Gasteiger partial charge is 0.407 e. The Morgan fingerprint density at radius 3 is 2.37 bits per heavy atom. The largest absolute Gasteiger partial charge is 0.478 e. The number of hydrogen-bond acceptors (Lipinski definition) is 5. The number of carboxylic acids is 1. The average Bonchev–Trinajstić information content (AvgIpc) is 3.48. The van der Waals surface area contributed by atoms with Gasteiger partial charge in [-0.05, 0) is 29.2 Å². The molecule has 0 radical (unpaired) electrons. The predicted octanol–water partition coefficient (Wildman–Crippen LogP) is 3.01. The Morgan fingerprint density at radius 2 is 1.77 bits per heavy atom. The highest BCUT2D eigenvalue weighted by Crippen LogP contribution is 2.44. The van der Waals surface area contributed by atoms with E-state index in [1.807, 2.05) is 36.4 Å². The molecule has 1 aliphatic rings. The molecule has 2 amide bonds. The summed E-state index contributed by atoms with van der Waals surface area (Å²) in [6, 6.07) is 15.1. The van der Waals surface area contributed by atoms with Crippen molar-refractivity contribution in [1.82, 2.24) is 20.6 Å². The number of aromatic nitrogens is 2. The van der Waals surface area contributed by atoms with Crippen molar-refractivity contribution in [1.29, 1.82) is 0 Å². The highest BCUT2D eigenvalue weighted by molar-refractivity contribution is 5.87. The number of imidazole rings is 1. The summed E-state index contributed by atoms with van der Waals surface area (Å²) in [7, 11) is 0. The van der Waals surface area contributed by atoms with Crippen LogP contribution in [0.15, 0.2) is 72.7 Å². The Labute approximate surface area is 202 Å². The third-order valence-electron chi connectivity index (χ3n) is 5.95. The van der Waals surface area contributed by atoms with Gasteiger partial charge in [0.15, 0.2) is 0 Å². The Kier molecular flexibility index (Phi) is 7.25. The molecule has 4 N–H and O–H groups in total. The number of nitrogens with zero attached hydrogens (tertiary/aromatic N) is 1. The molecule has 0 saturated heterocycles. The van der Waals surface area contributed by atoms with Crippen LogP contribution in [-0.4, -0.2) is 52.2 Å². The van der Waals surface area contributed by atoms with Gasteiger partial charge in [0.2, 0.25) is 5.91 Å². The average molecular weight is 475 g/mol. The summed E-state index contributed by atoms with van der Waals surface area (Å²) >= 11 is 0. The van der Waals surface area contributed by atoms with Crippen molar-refractivity contribution < 1.29 is 24.2 Å². The van der Waals surface area contributed by atoms with Crippen LogP contribution in [0.3, 0.4) is 0 Å². The second kappa shape index (κ2) is 10.7. The number of fused-ring (bicyclic) bond motifs is 3. The van der Waals surface area contributed by atoms with Crippen molar-refractivity contribution in [2.45, 2.75) is 25.3 Å². The van der Waals surface area contributed by atoms with Crippen molar-refractivity contribution in [2.75, 3.05) is 13.2 Å². The molecule has 0 aliphatic heterocycles. The number of amides is 2. The van der Waals surface area contributed by atoms with Gasteiger partial charge in [-0.15, -0.1) is 0 Å². The molecular weight excluding hydrogens is 448 g/mol. The lowest BCUT2D eigenvalue weighted by atomic mass is 9.98. The fraction of sp³-hybridized carbons (Fsp3) is 0.231. The van der Waals surface area contributed by atoms with E-state index in [1.165, 1.54) is 19.3 Å². The second-order valence-corrected chi connectivity index (χ2v) is 8.24. The van der Waals surface area contributed by atoms with Gasteiger partial charge in [0.05, 0.1) is 6.33 Å². The Balaban J connectivity index is 1.41. The minimum atomic E-state index is -1.06. The summed E-state index contributed by atoms with van der Waals surface area (Å²) < 4.78 is 5.57. The molecule has 1 unspecified atom stereocenters. The molecule has 9 nitrogen and oxygen atoms in total. The first-order chi connectivity index (χ1) is 16.9. The van der Waals surface area contributed by atoms with Crippen LogP contribution >= 0.6 is 0 Å². The third kappa shape index (κ3) is 5.57. The van der Waals surface area contributed by atoms with Gasteiger partial charge in [-0.3, -0.25) is 4.79 Å². The fourth-order valence-corrected chi connectivity index (χ4v) is 4.12. The van der Waals surface area contributed by atoms with Gasteiger partial charge in [0, 0.05) is 36.3 Å². The Hall–Kier alpha value is -4.40. The molecule has 3 aromatic rings. The molecule has 0 saturated carbocycles. The summed E-state index contributed by atoms with van der Waals surface area (Å²) in [4.78, 5) is 43.3. The van der Waals surface area contributed by atoms with Crippen LogP contribution in [-0.2, 0) is 20.7 Å². The fourth-order valence-electron chi connectivity index (χ4n) is 4.12. The molecule has 0 spiro atoms. The number of H-pyrrole nitrogens is 1. The van der Waals surface area contributed by atoms with Crippen LogP contribution in [0, 0.1) is 0 Å². The minimum Gasteiger partial charge on any atom is -0.478 e. The summed E-state index contributed by atoms with van der Waals surface area (Å²) in [5.41, 5.74) is 5.19. The minimum absolute atomic E-state index is 0.0167. The van der Waals surface area contributed by atoms with Crippen LogP contribution in [0.2, 0.25) is 0 Å². The lowest BCUT2D eigenvalue weighted by Gasteiger charge is -2.19. The van der Waals surface area contributed by atoms with Gasteiger partial charge in [-0.25, -0.2) is 14.6 Å². The maximum absolute atomic E-state index is 12.8. The maximum atomic E-state index is 12.8. The van der Waals surface area contributed by atoms with Crippen molar-refractivity contribution in [3.05, 3.63) is 89.5 Å². The monoisotopic (exact) mass is 474 g/mol. The number of rotatable bonds is 9. The Bertz CT molecular complexity index is 1210. The third-order valence-corrected chi connectivity index (χ3v) is 5.95. The SMILES string of the molecule is C/C(=C\CNC(=O)C(Cc1cnc[nH]1)NC(=O)OCC1c2ccccc2-c2ccccc21)C(=O)O. The standard InChI is InChI=1S/C26H26N4O5/c1-16(25(32)33)10-11-28-24(31)23(12-17-13-27-15-29-17)30-26(34)35-14-22-20-8-4-2-6-18(20)19-7-3-5-9-21(19)22/h2-10,13,15,22-23H,11-12,14H2,1H3,(H,27,29)(H,28,31)(H,30,34)(H,32,33)/b16-10+. The highest BCUT2D eigenvalue weighted by Gasteiger charge is 2.30. The van der Waals surface area contributed by atoms with Gasteiger partial charge in [0.25, 0.3) is 0 Å². The number of hydrogen-bond donors (Lipinski definition) is 4. The van der Waals surface area contributed by atoms with E-state index in [0.29, 0.717) is 5.69 Å². The number of ether oxygens (including phenoxy) is 1. The lowest BCUT2D eigenvalue weighted by molar-refractivity contribution is -0.132. The maximum Gasteiger partial charge on any atom is 0.407 e. The number of carbonyl (C=O) groups is 3. The van der Waals surface area contributed by atoms with E-state index in [2.05, 4.69) is 32.7 Å². The first-order valence-electron chi connectivity index (χ1n) is 11.2. The lowest BCUT2D eigenvalue weighted by Crippen LogP contribution is -2.48. The molecule has 180 valence electrons. The molecule has 0 bridgehead atoms. The molecule has 35 heavy (non-hydrogen) atoms. The van der Waals surface area contributed by atoms with E-state index in [1.54, 1.807) is 6.20 Å². The van der Waals surface area contributed by atoms with Crippen LogP contribution < -0.4 is 10.6 Å². The van der Waals surface area contributed by atoms with Crippen LogP contribution in [0.4, 0.5) is 4.79 Å². The first-order valence-corrected chi connectivity index (χ1v) is 11.2. The van der Waals surface area contributed by atoms with Gasteiger partial charge in [-0.2, -0.15) is 0 Å². The molecule has 9 heteroatoms. The molecule has 1 aliphatic carbocycles. The molecule has 1 atom stereocenters. The summed E-state index contributed by atoms with van der Waals surface area (Å²) in [5, 5.41) is 14.2. The zero-order chi connectivity index (χ0) is 24.8. The van der Waals surface area contributed by atoms with Gasteiger partial charge in [-0.1, -0.05) is 54.6 Å². The van der Waals surface area contributed by atoms with Gasteiger partial charge < -0.3 is 25.5 Å². The number of carbonyl (C=O) groups excluding carboxylic acids is 2. The normalized spacial score (nSPS) is 13.5. The topological polar surface area (TPSA) is 133 Å². The first kappa shape index (κ1) is 23.7. The molecular formula is C26H26N4O5. The zero-order valence-electron chi connectivity index (χ0n) is 19.2. The number of aromatic amines is 1. The quantitative estimate of drug-likeness (QED) is 0.352. The Morgan fingerprint density at radius 1 is 1.11 bits per heavy atom. The molecule has 4 rings (SSSR count). The van der Waals surface area contributed by atoms with E-state index in [0.717, 1.165) is 22.3 Å². The van der Waals surface area contributed by atoms with Crippen molar-refractivity contribution in [3.8, 4) is 11.1 Å². The van der Waals surface area contributed by atoms with E-state index in [-0.39, 0.29) is 31.1 Å². The molecule has 0 fully saturated rings. The second-order valence-electron chi connectivity index (χ2n) is 8.24. The highest BCUT2D eigenvalue weighted by atomic mass is 16.5. The van der Waals surface area contributed by atoms with E-state index < -0.39 is 24.0 Å². The summed E-state index contributed by atoms with van der Waals surface area (Å²) in [5.74, 6) is -1.63. The van der Waals surface area contributed by atoms with Gasteiger partial charge >= 0.3 is 12.1 Å². The van der Waals surface area contributed by atoms with Crippen molar-refractivity contribution >= 4 is 18.0 Å². The van der Waals surface area contributed by atoms with Crippen LogP contribution in [0.25, 0.3) is 11.1 Å². The molecule has 1 aromatic heterocycles. The van der Waals surface area contributed by atoms with Crippen LogP contribution in [0.5, 0.6) is 0 Å². The number of benzene rings is 2. The molecule has 1 heterocycles. The number of aliphatic carboxylic acids is 1. The number of carboxylic acid groups (broad SMARTS) is 1. The zero-order valence-corrected chi connectivity index (χ0v) is 19.2. The number of alkyl carbamates (subject to hydrolysis) is 1. The van der Waals surface area contributed by atoms with E-state index in [9.17, 15) is 14.4 Å². The van der Waals surface area contributed by atoms with Crippen LogP contribution in [0.1, 0.15) is 29.7 Å². The molecule has 2 aromatic carbocycles.